The number of sulfonamides is 1. The molecule has 27 heavy (non-hydrogen) atoms. The highest BCUT2D eigenvalue weighted by Gasteiger charge is 2.28. The topological polar surface area (TPSA) is 96.7 Å². The number of rotatable bonds is 7. The van der Waals surface area contributed by atoms with E-state index in [0.29, 0.717) is 5.76 Å². The summed E-state index contributed by atoms with van der Waals surface area (Å²) in [6.07, 6.45) is 4.66. The molecule has 1 fully saturated rings. The van der Waals surface area contributed by atoms with Gasteiger partial charge in [0.25, 0.3) is 0 Å². The molecule has 1 aliphatic heterocycles. The van der Waals surface area contributed by atoms with E-state index in [1.165, 1.54) is 12.1 Å². The fourth-order valence-electron chi connectivity index (χ4n) is 3.13. The minimum atomic E-state index is -4.00. The average Bonchev–Trinajstić information content (AvgIpc) is 3.28. The highest BCUT2D eigenvalue weighted by Crippen LogP contribution is 2.27. The van der Waals surface area contributed by atoms with Gasteiger partial charge in [-0.25, -0.2) is 21.6 Å². The van der Waals surface area contributed by atoms with Gasteiger partial charge in [-0.1, -0.05) is 11.6 Å². The van der Waals surface area contributed by atoms with Crippen molar-refractivity contribution in [2.75, 3.05) is 25.9 Å². The Morgan fingerprint density at radius 1 is 1.19 bits per heavy atom. The SMILES string of the molecule is CS(=O)(=O)c1ccc(Cl)c(S(=O)(=O)NCC(c2ccco2)N2CCCC2)c1. The fraction of sp³-hybridized carbons (Fsp3) is 0.412. The van der Waals surface area contributed by atoms with Crippen molar-refractivity contribution in [3.05, 3.63) is 47.4 Å². The highest BCUT2D eigenvalue weighted by atomic mass is 35.5. The number of likely N-dealkylation sites (tertiary alicyclic amines) is 1. The Balaban J connectivity index is 1.85. The molecule has 1 aliphatic rings. The zero-order valence-corrected chi connectivity index (χ0v) is 17.1. The van der Waals surface area contributed by atoms with E-state index in [9.17, 15) is 16.8 Å². The summed E-state index contributed by atoms with van der Waals surface area (Å²) >= 11 is 6.03. The van der Waals surface area contributed by atoms with Gasteiger partial charge in [-0.2, -0.15) is 0 Å². The van der Waals surface area contributed by atoms with Crippen LogP contribution in [0.1, 0.15) is 24.6 Å². The van der Waals surface area contributed by atoms with Crippen LogP contribution in [0.25, 0.3) is 0 Å². The molecule has 1 saturated heterocycles. The third kappa shape index (κ3) is 4.72. The fourth-order valence-corrected chi connectivity index (χ4v) is 5.41. The Hall–Kier alpha value is -1.39. The molecule has 0 amide bonds. The summed E-state index contributed by atoms with van der Waals surface area (Å²) in [6, 6.07) is 6.98. The highest BCUT2D eigenvalue weighted by molar-refractivity contribution is 7.91. The van der Waals surface area contributed by atoms with Crippen molar-refractivity contribution >= 4 is 31.5 Å². The maximum absolute atomic E-state index is 12.8. The number of hydrogen-bond acceptors (Lipinski definition) is 6. The second-order valence-corrected chi connectivity index (χ2v) is 10.6. The number of benzene rings is 1. The minimum absolute atomic E-state index is 0.0365. The Kier molecular flexibility index (Phi) is 5.97. The molecule has 1 atom stereocenters. The van der Waals surface area contributed by atoms with E-state index in [-0.39, 0.29) is 27.4 Å². The van der Waals surface area contributed by atoms with E-state index < -0.39 is 19.9 Å². The van der Waals surface area contributed by atoms with Gasteiger partial charge in [0.05, 0.1) is 22.2 Å². The second kappa shape index (κ2) is 7.92. The van der Waals surface area contributed by atoms with Crippen LogP contribution in [-0.2, 0) is 19.9 Å². The minimum Gasteiger partial charge on any atom is -0.468 e. The van der Waals surface area contributed by atoms with Crippen molar-refractivity contribution in [1.82, 2.24) is 9.62 Å². The molecule has 0 spiro atoms. The number of nitrogens with zero attached hydrogens (tertiary/aromatic N) is 1. The predicted octanol–water partition coefficient (Wildman–Crippen LogP) is 2.45. The molecule has 1 aromatic heterocycles. The van der Waals surface area contributed by atoms with Gasteiger partial charge in [0.2, 0.25) is 10.0 Å². The first kappa shape index (κ1) is 20.3. The van der Waals surface area contributed by atoms with Gasteiger partial charge in [-0.15, -0.1) is 0 Å². The summed E-state index contributed by atoms with van der Waals surface area (Å²) in [4.78, 5) is 1.80. The van der Waals surface area contributed by atoms with Crippen LogP contribution in [0.2, 0.25) is 5.02 Å². The molecule has 1 N–H and O–H groups in total. The third-order valence-electron chi connectivity index (χ3n) is 4.54. The first-order valence-corrected chi connectivity index (χ1v) is 12.2. The largest absolute Gasteiger partial charge is 0.468 e. The van der Waals surface area contributed by atoms with Crippen molar-refractivity contribution in [2.24, 2.45) is 0 Å². The summed E-state index contributed by atoms with van der Waals surface area (Å²) < 4.78 is 57.1. The van der Waals surface area contributed by atoms with E-state index >= 15 is 0 Å². The number of nitrogens with one attached hydrogen (secondary N) is 1. The molecule has 0 saturated carbocycles. The van der Waals surface area contributed by atoms with Crippen LogP contribution in [-0.4, -0.2) is 47.6 Å². The molecule has 3 rings (SSSR count). The molecule has 7 nitrogen and oxygen atoms in total. The van der Waals surface area contributed by atoms with Gasteiger partial charge < -0.3 is 4.42 Å². The van der Waals surface area contributed by atoms with Crippen molar-refractivity contribution in [3.8, 4) is 0 Å². The van der Waals surface area contributed by atoms with E-state index in [1.807, 2.05) is 6.07 Å². The van der Waals surface area contributed by atoms with Crippen LogP contribution >= 0.6 is 11.6 Å². The summed E-state index contributed by atoms with van der Waals surface area (Å²) in [6.45, 7) is 1.81. The van der Waals surface area contributed by atoms with Crippen LogP contribution < -0.4 is 4.72 Å². The maximum Gasteiger partial charge on any atom is 0.242 e. The normalized spacial score (nSPS) is 17.3. The van der Waals surface area contributed by atoms with Gasteiger partial charge in [-0.05, 0) is 56.3 Å². The number of sulfone groups is 1. The number of halogens is 1. The summed E-state index contributed by atoms with van der Waals surface area (Å²) in [7, 11) is -7.56. The molecule has 10 heteroatoms. The molecule has 0 aliphatic carbocycles. The smallest absolute Gasteiger partial charge is 0.242 e. The van der Waals surface area contributed by atoms with E-state index in [2.05, 4.69) is 9.62 Å². The van der Waals surface area contributed by atoms with E-state index in [4.69, 9.17) is 16.0 Å². The van der Waals surface area contributed by atoms with E-state index in [1.54, 1.807) is 12.3 Å². The van der Waals surface area contributed by atoms with Crippen molar-refractivity contribution in [1.29, 1.82) is 0 Å². The first-order valence-electron chi connectivity index (χ1n) is 8.45. The molecule has 148 valence electrons. The molecule has 1 aromatic carbocycles. The maximum atomic E-state index is 12.8. The lowest BCUT2D eigenvalue weighted by Crippen LogP contribution is -2.36. The number of hydrogen-bond donors (Lipinski definition) is 1. The van der Waals surface area contributed by atoms with Crippen LogP contribution in [0.15, 0.2) is 50.8 Å². The molecule has 2 aromatic rings. The second-order valence-electron chi connectivity index (χ2n) is 6.49. The molecular formula is C17H21ClN2O5S2. The zero-order valence-electron chi connectivity index (χ0n) is 14.8. The van der Waals surface area contributed by atoms with E-state index in [0.717, 1.165) is 38.3 Å². The van der Waals surface area contributed by atoms with Crippen molar-refractivity contribution in [2.45, 2.75) is 28.7 Å². The van der Waals surface area contributed by atoms with Crippen LogP contribution in [0.3, 0.4) is 0 Å². The Morgan fingerprint density at radius 3 is 2.48 bits per heavy atom. The third-order valence-corrected chi connectivity index (χ3v) is 7.56. The average molecular weight is 433 g/mol. The van der Waals surface area contributed by atoms with Gasteiger partial charge in [0.15, 0.2) is 9.84 Å². The van der Waals surface area contributed by atoms with Crippen molar-refractivity contribution < 1.29 is 21.3 Å². The molecule has 0 bridgehead atoms. The zero-order chi connectivity index (χ0) is 19.7. The standard InChI is InChI=1S/C17H21ClN2O5S2/c1-26(21,22)13-6-7-14(18)17(11-13)27(23,24)19-12-15(16-5-4-10-25-16)20-8-2-3-9-20/h4-7,10-11,15,19H,2-3,8-9,12H2,1H3. The van der Waals surface area contributed by atoms with Gasteiger partial charge >= 0.3 is 0 Å². The Labute approximate surface area is 164 Å². The summed E-state index contributed by atoms with van der Waals surface area (Å²) in [5.41, 5.74) is 0. The van der Waals surface area contributed by atoms with Gasteiger partial charge in [0, 0.05) is 12.8 Å². The lowest BCUT2D eigenvalue weighted by atomic mass is 10.2. The summed E-state index contributed by atoms with van der Waals surface area (Å²) in [5, 5.41) is -0.0365. The lowest BCUT2D eigenvalue weighted by molar-refractivity contribution is 0.216. The van der Waals surface area contributed by atoms with Crippen LogP contribution in [0.4, 0.5) is 0 Å². The molecule has 0 radical (unpaired) electrons. The lowest BCUT2D eigenvalue weighted by Gasteiger charge is -2.26. The quantitative estimate of drug-likeness (QED) is 0.721. The monoisotopic (exact) mass is 432 g/mol. The Morgan fingerprint density at radius 2 is 1.89 bits per heavy atom. The van der Waals surface area contributed by atoms with Gasteiger partial charge in [-0.3, -0.25) is 4.90 Å². The molecular weight excluding hydrogens is 412 g/mol. The van der Waals surface area contributed by atoms with Crippen LogP contribution in [0, 0.1) is 0 Å². The Bertz CT molecular complexity index is 998. The molecule has 2 heterocycles. The van der Waals surface area contributed by atoms with Crippen LogP contribution in [0.5, 0.6) is 0 Å². The number of furan rings is 1. The predicted molar refractivity (Wildman–Crippen MR) is 102 cm³/mol. The first-order chi connectivity index (χ1) is 12.7. The van der Waals surface area contributed by atoms with Crippen molar-refractivity contribution in [3.63, 3.8) is 0 Å². The molecule has 1 unspecified atom stereocenters. The van der Waals surface area contributed by atoms with Gasteiger partial charge in [0.1, 0.15) is 10.7 Å². The summed E-state index contributed by atoms with van der Waals surface area (Å²) in [5.74, 6) is 0.676.